The van der Waals surface area contributed by atoms with Crippen molar-refractivity contribution in [3.8, 4) is 0 Å². The Labute approximate surface area is 180 Å². The Balaban J connectivity index is 0.00000338. The summed E-state index contributed by atoms with van der Waals surface area (Å²) in [7, 11) is 0. The molecule has 1 aliphatic heterocycles. The Bertz CT molecular complexity index is 535. The summed E-state index contributed by atoms with van der Waals surface area (Å²) < 4.78 is 0. The van der Waals surface area contributed by atoms with Crippen LogP contribution in [0.4, 0.5) is 0 Å². The molecule has 2 heterocycles. The van der Waals surface area contributed by atoms with Gasteiger partial charge in [-0.3, -0.25) is 4.99 Å². The maximum atomic E-state index is 5.82. The Morgan fingerprint density at radius 3 is 2.85 bits per heavy atom. The highest BCUT2D eigenvalue weighted by molar-refractivity contribution is 14.0. The molecule has 0 aromatic carbocycles. The normalized spacial score (nSPS) is 18.5. The zero-order valence-electron chi connectivity index (χ0n) is 16.2. The van der Waals surface area contributed by atoms with E-state index in [1.165, 1.54) is 24.9 Å². The van der Waals surface area contributed by atoms with Crippen LogP contribution in [0.3, 0.4) is 0 Å². The monoisotopic (exact) mass is 493 g/mol. The van der Waals surface area contributed by atoms with Crippen molar-refractivity contribution < 1.29 is 0 Å². The molecule has 148 valence electrons. The van der Waals surface area contributed by atoms with E-state index >= 15 is 0 Å². The lowest BCUT2D eigenvalue weighted by Crippen LogP contribution is -2.42. The molecule has 0 aliphatic carbocycles. The fourth-order valence-electron chi connectivity index (χ4n) is 3.16. The lowest BCUT2D eigenvalue weighted by Gasteiger charge is -2.34. The van der Waals surface area contributed by atoms with Gasteiger partial charge in [-0.05, 0) is 64.1 Å². The molecule has 0 spiro atoms. The molecule has 1 saturated heterocycles. The van der Waals surface area contributed by atoms with Crippen LogP contribution in [0.25, 0.3) is 0 Å². The Morgan fingerprint density at radius 2 is 2.19 bits per heavy atom. The fourth-order valence-corrected chi connectivity index (χ4v) is 3.27. The second kappa shape index (κ2) is 12.7. The molecule has 1 aromatic rings. The Hall–Kier alpha value is -0.600. The van der Waals surface area contributed by atoms with Gasteiger partial charge in [-0.2, -0.15) is 0 Å². The second-order valence-electron chi connectivity index (χ2n) is 6.98. The summed E-state index contributed by atoms with van der Waals surface area (Å²) in [4.78, 5) is 11.5. The number of pyridine rings is 1. The first-order valence-corrected chi connectivity index (χ1v) is 9.83. The number of nitrogens with zero attached hydrogens (tertiary/aromatic N) is 3. The molecule has 2 rings (SSSR count). The molecule has 5 nitrogen and oxygen atoms in total. The zero-order valence-corrected chi connectivity index (χ0v) is 19.3. The average molecular weight is 494 g/mol. The first-order chi connectivity index (χ1) is 12.1. The third kappa shape index (κ3) is 8.39. The number of hydrogen-bond acceptors (Lipinski definition) is 3. The number of rotatable bonds is 7. The third-order valence-corrected chi connectivity index (χ3v) is 4.85. The SMILES string of the molecule is CCNC(=NCC1CCCN(C(C)C)C1)NCCc1ccc(Cl)nc1.I. The van der Waals surface area contributed by atoms with Gasteiger partial charge in [0.15, 0.2) is 5.96 Å². The van der Waals surface area contributed by atoms with Crippen molar-refractivity contribution in [3.05, 3.63) is 29.0 Å². The highest BCUT2D eigenvalue weighted by Gasteiger charge is 2.21. The molecular weight excluding hydrogens is 461 g/mol. The van der Waals surface area contributed by atoms with Crippen molar-refractivity contribution in [1.29, 1.82) is 0 Å². The van der Waals surface area contributed by atoms with Crippen LogP contribution < -0.4 is 10.6 Å². The number of nitrogens with one attached hydrogen (secondary N) is 2. The summed E-state index contributed by atoms with van der Waals surface area (Å²) in [6, 6.07) is 4.48. The van der Waals surface area contributed by atoms with Crippen LogP contribution >= 0.6 is 35.6 Å². The minimum absolute atomic E-state index is 0. The molecular formula is C19H33ClIN5. The van der Waals surface area contributed by atoms with E-state index in [2.05, 4.69) is 41.3 Å². The minimum Gasteiger partial charge on any atom is -0.357 e. The Morgan fingerprint density at radius 1 is 1.38 bits per heavy atom. The molecule has 1 fully saturated rings. The zero-order chi connectivity index (χ0) is 18.1. The fraction of sp³-hybridized carbons (Fsp3) is 0.684. The minimum atomic E-state index is 0. The summed E-state index contributed by atoms with van der Waals surface area (Å²) in [5, 5.41) is 7.30. The number of aliphatic imine (C=N–C) groups is 1. The molecule has 0 saturated carbocycles. The third-order valence-electron chi connectivity index (χ3n) is 4.63. The first kappa shape index (κ1) is 23.4. The van der Waals surface area contributed by atoms with Gasteiger partial charge in [0, 0.05) is 38.4 Å². The smallest absolute Gasteiger partial charge is 0.191 e. The van der Waals surface area contributed by atoms with E-state index in [1.807, 2.05) is 18.3 Å². The van der Waals surface area contributed by atoms with E-state index in [1.54, 1.807) is 0 Å². The molecule has 1 unspecified atom stereocenters. The molecule has 2 N–H and O–H groups in total. The van der Waals surface area contributed by atoms with Gasteiger partial charge in [-0.1, -0.05) is 17.7 Å². The molecule has 1 aromatic heterocycles. The summed E-state index contributed by atoms with van der Waals surface area (Å²) in [6.07, 6.45) is 5.30. The predicted molar refractivity (Wildman–Crippen MR) is 122 cm³/mol. The summed E-state index contributed by atoms with van der Waals surface area (Å²) >= 11 is 5.82. The van der Waals surface area contributed by atoms with Crippen LogP contribution in [-0.2, 0) is 6.42 Å². The number of hydrogen-bond donors (Lipinski definition) is 2. The van der Waals surface area contributed by atoms with E-state index < -0.39 is 0 Å². The number of guanidine groups is 1. The molecule has 7 heteroatoms. The van der Waals surface area contributed by atoms with E-state index in [0.717, 1.165) is 38.6 Å². The number of aromatic nitrogens is 1. The van der Waals surface area contributed by atoms with Crippen molar-refractivity contribution in [2.75, 3.05) is 32.7 Å². The largest absolute Gasteiger partial charge is 0.357 e. The topological polar surface area (TPSA) is 52.6 Å². The molecule has 0 radical (unpaired) electrons. The Kier molecular flexibility index (Phi) is 11.5. The van der Waals surface area contributed by atoms with E-state index in [4.69, 9.17) is 16.6 Å². The molecule has 1 atom stereocenters. The molecule has 1 aliphatic rings. The van der Waals surface area contributed by atoms with Crippen LogP contribution in [0, 0.1) is 5.92 Å². The number of piperidine rings is 1. The molecule has 0 bridgehead atoms. The van der Waals surface area contributed by atoms with Crippen LogP contribution in [0.1, 0.15) is 39.2 Å². The van der Waals surface area contributed by atoms with Gasteiger partial charge in [0.1, 0.15) is 5.15 Å². The van der Waals surface area contributed by atoms with Crippen LogP contribution in [0.15, 0.2) is 23.3 Å². The van der Waals surface area contributed by atoms with Crippen LogP contribution in [0.2, 0.25) is 5.15 Å². The maximum Gasteiger partial charge on any atom is 0.191 e. The van der Waals surface area contributed by atoms with Gasteiger partial charge >= 0.3 is 0 Å². The van der Waals surface area contributed by atoms with Gasteiger partial charge in [0.2, 0.25) is 0 Å². The van der Waals surface area contributed by atoms with E-state index in [-0.39, 0.29) is 24.0 Å². The van der Waals surface area contributed by atoms with Crippen LogP contribution in [0.5, 0.6) is 0 Å². The van der Waals surface area contributed by atoms with E-state index in [9.17, 15) is 0 Å². The quantitative estimate of drug-likeness (QED) is 0.264. The predicted octanol–water partition coefficient (Wildman–Crippen LogP) is 3.57. The highest BCUT2D eigenvalue weighted by Crippen LogP contribution is 2.18. The average Bonchev–Trinajstić information content (AvgIpc) is 2.61. The van der Waals surface area contributed by atoms with Crippen molar-refractivity contribution in [2.24, 2.45) is 10.9 Å². The van der Waals surface area contributed by atoms with Crippen molar-refractivity contribution in [3.63, 3.8) is 0 Å². The molecule has 26 heavy (non-hydrogen) atoms. The highest BCUT2D eigenvalue weighted by atomic mass is 127. The maximum absolute atomic E-state index is 5.82. The number of halogens is 2. The lowest BCUT2D eigenvalue weighted by atomic mass is 9.97. The van der Waals surface area contributed by atoms with Gasteiger partial charge in [-0.15, -0.1) is 24.0 Å². The van der Waals surface area contributed by atoms with Crippen molar-refractivity contribution >= 4 is 41.5 Å². The summed E-state index contributed by atoms with van der Waals surface area (Å²) in [5.74, 6) is 1.57. The first-order valence-electron chi connectivity index (χ1n) is 9.45. The van der Waals surface area contributed by atoms with Gasteiger partial charge < -0.3 is 15.5 Å². The second-order valence-corrected chi connectivity index (χ2v) is 7.37. The van der Waals surface area contributed by atoms with E-state index in [0.29, 0.717) is 17.1 Å². The summed E-state index contributed by atoms with van der Waals surface area (Å²) in [6.45, 7) is 11.6. The molecule has 0 amide bonds. The standard InChI is InChI=1S/C19H32ClN5.HI/c1-4-21-19(22-10-9-16-7-8-18(20)23-12-16)24-13-17-6-5-11-25(14-17)15(2)3;/h7-8,12,15,17H,4-6,9-11,13-14H2,1-3H3,(H2,21,22,24);1H. The number of likely N-dealkylation sites (tertiary alicyclic amines) is 1. The van der Waals surface area contributed by atoms with Gasteiger partial charge in [-0.25, -0.2) is 4.98 Å². The summed E-state index contributed by atoms with van der Waals surface area (Å²) in [5.41, 5.74) is 1.17. The lowest BCUT2D eigenvalue weighted by molar-refractivity contribution is 0.143. The van der Waals surface area contributed by atoms with Crippen LogP contribution in [-0.4, -0.2) is 54.6 Å². The van der Waals surface area contributed by atoms with Gasteiger partial charge in [0.25, 0.3) is 0 Å². The van der Waals surface area contributed by atoms with Gasteiger partial charge in [0.05, 0.1) is 0 Å². The van der Waals surface area contributed by atoms with Crippen molar-refractivity contribution in [1.82, 2.24) is 20.5 Å². The van der Waals surface area contributed by atoms with Crippen molar-refractivity contribution in [2.45, 2.75) is 46.1 Å².